The number of hydrogen-bond acceptors (Lipinski definition) is 4. The van der Waals surface area contributed by atoms with Crippen molar-refractivity contribution < 1.29 is 14.2 Å². The molecular formula is C22H31N3O3. The van der Waals surface area contributed by atoms with E-state index in [9.17, 15) is 0 Å². The molecule has 1 unspecified atom stereocenters. The van der Waals surface area contributed by atoms with Crippen molar-refractivity contribution in [2.24, 2.45) is 4.99 Å². The molecule has 0 aliphatic heterocycles. The molecule has 2 aromatic carbocycles. The smallest absolute Gasteiger partial charge is 0.203 e. The van der Waals surface area contributed by atoms with Crippen LogP contribution in [0.4, 0.5) is 0 Å². The highest BCUT2D eigenvalue weighted by atomic mass is 16.5. The minimum absolute atomic E-state index is 0.380. The molecule has 6 nitrogen and oxygen atoms in total. The van der Waals surface area contributed by atoms with Crippen molar-refractivity contribution in [2.45, 2.75) is 26.3 Å². The molecule has 2 aromatic rings. The first-order valence-corrected chi connectivity index (χ1v) is 9.50. The summed E-state index contributed by atoms with van der Waals surface area (Å²) < 4.78 is 16.6. The normalized spacial score (nSPS) is 12.2. The molecule has 2 N–H and O–H groups in total. The largest absolute Gasteiger partial charge is 0.493 e. The highest BCUT2D eigenvalue weighted by Crippen LogP contribution is 2.38. The van der Waals surface area contributed by atoms with E-state index in [1.165, 1.54) is 5.56 Å². The molecule has 0 radical (unpaired) electrons. The van der Waals surface area contributed by atoms with Crippen LogP contribution >= 0.6 is 0 Å². The predicted octanol–water partition coefficient (Wildman–Crippen LogP) is 3.57. The monoisotopic (exact) mass is 385 g/mol. The molecule has 0 aliphatic carbocycles. The van der Waals surface area contributed by atoms with E-state index >= 15 is 0 Å². The number of nitrogens with zero attached hydrogens (tertiary/aromatic N) is 1. The van der Waals surface area contributed by atoms with Crippen LogP contribution in [0.3, 0.4) is 0 Å². The number of nitrogens with one attached hydrogen (secondary N) is 2. The third-order valence-corrected chi connectivity index (χ3v) is 4.44. The summed E-state index contributed by atoms with van der Waals surface area (Å²) in [4.78, 5) is 4.31. The van der Waals surface area contributed by atoms with Crippen molar-refractivity contribution in [3.8, 4) is 17.2 Å². The van der Waals surface area contributed by atoms with Gasteiger partial charge < -0.3 is 24.8 Å². The van der Waals surface area contributed by atoms with Gasteiger partial charge in [-0.25, -0.2) is 0 Å². The van der Waals surface area contributed by atoms with Gasteiger partial charge in [-0.15, -0.1) is 0 Å². The van der Waals surface area contributed by atoms with Crippen LogP contribution in [0.25, 0.3) is 0 Å². The van der Waals surface area contributed by atoms with Gasteiger partial charge in [-0.1, -0.05) is 37.3 Å². The third kappa shape index (κ3) is 5.81. The van der Waals surface area contributed by atoms with Crippen molar-refractivity contribution in [1.29, 1.82) is 0 Å². The Bertz CT molecular complexity index is 738. The summed E-state index contributed by atoms with van der Waals surface area (Å²) >= 11 is 0. The number of benzene rings is 2. The first-order chi connectivity index (χ1) is 13.6. The molecule has 0 fully saturated rings. The van der Waals surface area contributed by atoms with Crippen LogP contribution < -0.4 is 24.8 Å². The van der Waals surface area contributed by atoms with Crippen LogP contribution in [0.2, 0.25) is 0 Å². The van der Waals surface area contributed by atoms with Crippen molar-refractivity contribution in [1.82, 2.24) is 10.6 Å². The fraction of sp³-hybridized carbons (Fsp3) is 0.409. The Balaban J connectivity index is 1.99. The number of ether oxygens (including phenoxy) is 3. The molecule has 6 heteroatoms. The number of guanidine groups is 1. The molecule has 0 aromatic heterocycles. The fourth-order valence-electron chi connectivity index (χ4n) is 2.88. The van der Waals surface area contributed by atoms with E-state index in [1.807, 2.05) is 25.1 Å². The Morgan fingerprint density at radius 1 is 1.04 bits per heavy atom. The molecule has 28 heavy (non-hydrogen) atoms. The predicted molar refractivity (Wildman–Crippen MR) is 114 cm³/mol. The summed E-state index contributed by atoms with van der Waals surface area (Å²) in [7, 11) is 5.02. The summed E-state index contributed by atoms with van der Waals surface area (Å²) in [6, 6.07) is 14.3. The van der Waals surface area contributed by atoms with Crippen LogP contribution in [0, 0.1) is 0 Å². The van der Waals surface area contributed by atoms with Crippen molar-refractivity contribution in [3.63, 3.8) is 0 Å². The molecule has 0 aliphatic rings. The Morgan fingerprint density at radius 2 is 1.68 bits per heavy atom. The summed E-state index contributed by atoms with van der Waals surface area (Å²) in [5.74, 6) is 3.05. The van der Waals surface area contributed by atoms with Gasteiger partial charge in [0.1, 0.15) is 0 Å². The van der Waals surface area contributed by atoms with Gasteiger partial charge in [-0.2, -0.15) is 0 Å². The Morgan fingerprint density at radius 3 is 2.21 bits per heavy atom. The van der Waals surface area contributed by atoms with Gasteiger partial charge in [0.2, 0.25) is 5.75 Å². The van der Waals surface area contributed by atoms with E-state index in [4.69, 9.17) is 14.2 Å². The molecule has 0 heterocycles. The fourth-order valence-corrected chi connectivity index (χ4v) is 2.88. The molecule has 0 saturated heterocycles. The second-order valence-electron chi connectivity index (χ2n) is 6.38. The van der Waals surface area contributed by atoms with Gasteiger partial charge in [-0.05, 0) is 36.1 Å². The maximum Gasteiger partial charge on any atom is 0.203 e. The van der Waals surface area contributed by atoms with Gasteiger partial charge in [0.25, 0.3) is 0 Å². The molecule has 0 saturated carbocycles. The van der Waals surface area contributed by atoms with Crippen LogP contribution in [0.15, 0.2) is 47.5 Å². The lowest BCUT2D eigenvalue weighted by molar-refractivity contribution is 0.288. The molecule has 2 rings (SSSR count). The Hall–Kier alpha value is -2.89. The highest BCUT2D eigenvalue weighted by Gasteiger charge is 2.14. The Labute approximate surface area is 167 Å². The SMILES string of the molecule is CCOc1c(OC)cc(CNC(=NC)NCC(C)c2ccccc2)cc1OC. The van der Waals surface area contributed by atoms with E-state index in [0.717, 1.165) is 18.1 Å². The van der Waals surface area contributed by atoms with Crippen LogP contribution in [-0.2, 0) is 6.54 Å². The minimum Gasteiger partial charge on any atom is -0.493 e. The van der Waals surface area contributed by atoms with Crippen molar-refractivity contribution in [3.05, 3.63) is 53.6 Å². The van der Waals surface area contributed by atoms with Gasteiger partial charge in [0, 0.05) is 20.1 Å². The van der Waals surface area contributed by atoms with E-state index in [-0.39, 0.29) is 0 Å². The maximum absolute atomic E-state index is 5.65. The minimum atomic E-state index is 0.380. The highest BCUT2D eigenvalue weighted by molar-refractivity contribution is 5.79. The second-order valence-corrected chi connectivity index (χ2v) is 6.38. The topological polar surface area (TPSA) is 64.1 Å². The molecule has 152 valence electrons. The molecule has 0 spiro atoms. The zero-order valence-corrected chi connectivity index (χ0v) is 17.4. The standard InChI is InChI=1S/C22H31N3O3/c1-6-28-21-19(26-4)12-17(13-20(21)27-5)15-25-22(23-3)24-14-16(2)18-10-8-7-9-11-18/h7-13,16H,6,14-15H2,1-5H3,(H2,23,24,25). The molecule has 0 amide bonds. The van der Waals surface area contributed by atoms with Gasteiger partial charge in [-0.3, -0.25) is 4.99 Å². The quantitative estimate of drug-likeness (QED) is 0.510. The number of rotatable bonds is 9. The van der Waals surface area contributed by atoms with Crippen LogP contribution in [0.1, 0.15) is 30.9 Å². The second kappa shape index (κ2) is 11.1. The third-order valence-electron chi connectivity index (χ3n) is 4.44. The van der Waals surface area contributed by atoms with Gasteiger partial charge >= 0.3 is 0 Å². The number of methoxy groups -OCH3 is 2. The zero-order valence-electron chi connectivity index (χ0n) is 17.4. The molecular weight excluding hydrogens is 354 g/mol. The number of hydrogen-bond donors (Lipinski definition) is 2. The molecule has 1 atom stereocenters. The first kappa shape index (κ1) is 21.4. The average molecular weight is 386 g/mol. The zero-order chi connectivity index (χ0) is 20.4. The van der Waals surface area contributed by atoms with Crippen molar-refractivity contribution in [2.75, 3.05) is 34.4 Å². The van der Waals surface area contributed by atoms with Crippen LogP contribution in [0.5, 0.6) is 17.2 Å². The van der Waals surface area contributed by atoms with E-state index in [2.05, 4.69) is 46.8 Å². The van der Waals surface area contributed by atoms with E-state index in [0.29, 0.717) is 36.3 Å². The van der Waals surface area contributed by atoms with Crippen molar-refractivity contribution >= 4 is 5.96 Å². The lowest BCUT2D eigenvalue weighted by Gasteiger charge is -2.18. The van der Waals surface area contributed by atoms with E-state index < -0.39 is 0 Å². The van der Waals surface area contributed by atoms with Crippen LogP contribution in [-0.4, -0.2) is 40.4 Å². The molecule has 0 bridgehead atoms. The first-order valence-electron chi connectivity index (χ1n) is 9.50. The average Bonchev–Trinajstić information content (AvgIpc) is 2.74. The Kier molecular flexibility index (Phi) is 8.46. The lowest BCUT2D eigenvalue weighted by atomic mass is 10.0. The maximum atomic E-state index is 5.65. The summed E-state index contributed by atoms with van der Waals surface area (Å²) in [5.41, 5.74) is 2.31. The summed E-state index contributed by atoms with van der Waals surface area (Å²) in [5, 5.41) is 6.71. The lowest BCUT2D eigenvalue weighted by Crippen LogP contribution is -2.38. The summed E-state index contributed by atoms with van der Waals surface area (Å²) in [6.45, 7) is 6.04. The number of aliphatic imine (C=N–C) groups is 1. The van der Waals surface area contributed by atoms with Gasteiger partial charge in [0.05, 0.1) is 20.8 Å². The summed E-state index contributed by atoms with van der Waals surface area (Å²) in [6.07, 6.45) is 0. The van der Waals surface area contributed by atoms with E-state index in [1.54, 1.807) is 21.3 Å². The van der Waals surface area contributed by atoms with Gasteiger partial charge in [0.15, 0.2) is 17.5 Å².